The van der Waals surface area contributed by atoms with Gasteiger partial charge in [-0.05, 0) is 13.8 Å². The summed E-state index contributed by atoms with van der Waals surface area (Å²) < 4.78 is 20.3. The van der Waals surface area contributed by atoms with Crippen molar-refractivity contribution in [2.75, 3.05) is 12.8 Å². The number of hydrogen-bond donors (Lipinski definition) is 2. The van der Waals surface area contributed by atoms with Crippen LogP contribution in [0.3, 0.4) is 0 Å². The first-order valence-corrected chi connectivity index (χ1v) is 6.06. The van der Waals surface area contributed by atoms with E-state index in [0.29, 0.717) is 11.0 Å². The summed E-state index contributed by atoms with van der Waals surface area (Å²) >= 11 is 0. The van der Waals surface area contributed by atoms with Crippen LogP contribution >= 0.6 is 0 Å². The van der Waals surface area contributed by atoms with Crippen molar-refractivity contribution in [1.29, 1.82) is 0 Å². The van der Waals surface area contributed by atoms with E-state index >= 15 is 0 Å². The van der Waals surface area contributed by atoms with Gasteiger partial charge in [-0.2, -0.15) is 0 Å². The van der Waals surface area contributed by atoms with Gasteiger partial charge in [-0.25, -0.2) is 9.37 Å². The number of ether oxygens (including phenoxy) is 1. The summed E-state index contributed by atoms with van der Waals surface area (Å²) in [7, 11) is 1.38. The Bertz CT molecular complexity index is 679. The Morgan fingerprint density at radius 3 is 2.70 bits per heavy atom. The first kappa shape index (κ1) is 14.1. The number of imidazole rings is 1. The fourth-order valence-corrected chi connectivity index (χ4v) is 2.40. The molecule has 0 atom stereocenters. The summed E-state index contributed by atoms with van der Waals surface area (Å²) in [5.74, 6) is -0.685. The van der Waals surface area contributed by atoms with E-state index in [1.165, 1.54) is 19.2 Å². The van der Waals surface area contributed by atoms with E-state index in [4.69, 9.17) is 16.2 Å². The zero-order chi connectivity index (χ0) is 15.1. The fraction of sp³-hybridized carbons (Fsp3) is 0.385. The molecular weight excluding hydrogens is 263 g/mol. The van der Waals surface area contributed by atoms with Gasteiger partial charge in [0.05, 0.1) is 23.7 Å². The minimum absolute atomic E-state index is 0.0857. The summed E-state index contributed by atoms with van der Waals surface area (Å²) in [6, 6.07) is 2.76. The van der Waals surface area contributed by atoms with Gasteiger partial charge in [0, 0.05) is 18.6 Å². The lowest BCUT2D eigenvalue weighted by atomic mass is 9.99. The topological polar surface area (TPSA) is 96.2 Å². The second-order valence-electron chi connectivity index (χ2n) is 5.24. The van der Waals surface area contributed by atoms with E-state index in [2.05, 4.69) is 4.98 Å². The fourth-order valence-electron chi connectivity index (χ4n) is 2.40. The Morgan fingerprint density at radius 2 is 2.15 bits per heavy atom. The van der Waals surface area contributed by atoms with Crippen molar-refractivity contribution >= 4 is 22.9 Å². The van der Waals surface area contributed by atoms with Crippen molar-refractivity contribution in [2.24, 2.45) is 5.73 Å². The molecule has 7 heteroatoms. The molecule has 0 bridgehead atoms. The van der Waals surface area contributed by atoms with Crippen LogP contribution < -0.4 is 16.2 Å². The molecule has 1 aromatic carbocycles. The van der Waals surface area contributed by atoms with Crippen molar-refractivity contribution in [2.45, 2.75) is 25.8 Å². The van der Waals surface area contributed by atoms with Crippen molar-refractivity contribution in [1.82, 2.24) is 9.55 Å². The highest BCUT2D eigenvalue weighted by molar-refractivity contribution is 5.81. The lowest BCUT2D eigenvalue weighted by Crippen LogP contribution is -2.33. The zero-order valence-corrected chi connectivity index (χ0v) is 11.6. The van der Waals surface area contributed by atoms with Crippen molar-refractivity contribution in [3.8, 4) is 5.75 Å². The van der Waals surface area contributed by atoms with Crippen LogP contribution in [-0.2, 0) is 10.3 Å². The third-order valence-electron chi connectivity index (χ3n) is 3.17. The molecule has 0 aliphatic carbocycles. The number of anilines is 1. The van der Waals surface area contributed by atoms with Gasteiger partial charge < -0.3 is 20.8 Å². The average Bonchev–Trinajstić information content (AvgIpc) is 2.61. The molecule has 1 amide bonds. The van der Waals surface area contributed by atoms with Crippen LogP contribution in [0, 0.1) is 5.82 Å². The van der Waals surface area contributed by atoms with E-state index in [1.807, 2.05) is 13.8 Å². The van der Waals surface area contributed by atoms with Crippen LogP contribution in [0.25, 0.3) is 11.0 Å². The summed E-state index contributed by atoms with van der Waals surface area (Å²) in [5.41, 5.74) is 11.5. The van der Waals surface area contributed by atoms with E-state index in [0.717, 1.165) is 0 Å². The quantitative estimate of drug-likeness (QED) is 0.884. The maximum Gasteiger partial charge on any atom is 0.219 e. The smallest absolute Gasteiger partial charge is 0.219 e. The molecule has 0 aliphatic heterocycles. The number of carbonyl (C=O) groups is 1. The van der Waals surface area contributed by atoms with Gasteiger partial charge in [-0.1, -0.05) is 0 Å². The lowest BCUT2D eigenvalue weighted by Gasteiger charge is -2.27. The highest BCUT2D eigenvalue weighted by Gasteiger charge is 2.28. The Labute approximate surface area is 115 Å². The molecule has 1 heterocycles. The Morgan fingerprint density at radius 1 is 1.50 bits per heavy atom. The standard InChI is InChI=1S/C13H17FN4O2/c1-13(2,6-11(15)19)18-9-5-10(20-3)7(14)4-8(9)17-12(18)16/h4-5H,6H2,1-3H3,(H2,15,19)(H2,16,17). The molecule has 108 valence electrons. The number of hydrogen-bond acceptors (Lipinski definition) is 4. The minimum atomic E-state index is -0.673. The highest BCUT2D eigenvalue weighted by Crippen LogP contribution is 2.32. The number of methoxy groups -OCH3 is 1. The number of amides is 1. The maximum atomic E-state index is 13.7. The van der Waals surface area contributed by atoms with Gasteiger partial charge in [0.15, 0.2) is 11.6 Å². The molecule has 0 unspecified atom stereocenters. The van der Waals surface area contributed by atoms with Crippen LogP contribution in [0.15, 0.2) is 12.1 Å². The molecule has 0 spiro atoms. The first-order valence-electron chi connectivity index (χ1n) is 6.06. The summed E-state index contributed by atoms with van der Waals surface area (Å²) in [4.78, 5) is 15.3. The van der Waals surface area contributed by atoms with Crippen LogP contribution in [0.4, 0.5) is 10.3 Å². The van der Waals surface area contributed by atoms with Gasteiger partial charge >= 0.3 is 0 Å². The number of aromatic nitrogens is 2. The van der Waals surface area contributed by atoms with E-state index < -0.39 is 17.3 Å². The second-order valence-corrected chi connectivity index (χ2v) is 5.24. The number of nitrogen functional groups attached to an aromatic ring is 1. The molecule has 2 aromatic rings. The Balaban J connectivity index is 2.69. The van der Waals surface area contributed by atoms with Gasteiger partial charge in [-0.15, -0.1) is 0 Å². The molecule has 0 saturated heterocycles. The summed E-state index contributed by atoms with van der Waals surface area (Å²) in [5, 5.41) is 0. The molecule has 0 fully saturated rings. The summed E-state index contributed by atoms with van der Waals surface area (Å²) in [6.07, 6.45) is 0.0857. The number of fused-ring (bicyclic) bond motifs is 1. The number of nitrogens with zero attached hydrogens (tertiary/aromatic N) is 2. The number of nitrogens with two attached hydrogens (primary N) is 2. The predicted octanol–water partition coefficient (Wildman–Crippen LogP) is 1.38. The summed E-state index contributed by atoms with van der Waals surface area (Å²) in [6.45, 7) is 3.62. The largest absolute Gasteiger partial charge is 0.494 e. The van der Waals surface area contributed by atoms with E-state index in [-0.39, 0.29) is 18.1 Å². The number of carbonyl (C=O) groups excluding carboxylic acids is 1. The van der Waals surface area contributed by atoms with Gasteiger partial charge in [-0.3, -0.25) is 4.79 Å². The second kappa shape index (κ2) is 4.66. The number of primary amides is 1. The molecule has 0 saturated carbocycles. The molecule has 0 radical (unpaired) electrons. The van der Waals surface area contributed by atoms with Gasteiger partial charge in [0.25, 0.3) is 0 Å². The molecule has 2 rings (SSSR count). The van der Waals surface area contributed by atoms with E-state index in [1.54, 1.807) is 4.57 Å². The predicted molar refractivity (Wildman–Crippen MR) is 73.8 cm³/mol. The number of benzene rings is 1. The van der Waals surface area contributed by atoms with E-state index in [9.17, 15) is 9.18 Å². The molecule has 4 N–H and O–H groups in total. The third-order valence-corrected chi connectivity index (χ3v) is 3.17. The molecular formula is C13H17FN4O2. The molecule has 0 aliphatic rings. The molecule has 20 heavy (non-hydrogen) atoms. The lowest BCUT2D eigenvalue weighted by molar-refractivity contribution is -0.119. The highest BCUT2D eigenvalue weighted by atomic mass is 19.1. The molecule has 1 aromatic heterocycles. The van der Waals surface area contributed by atoms with Crippen LogP contribution in [0.1, 0.15) is 20.3 Å². The number of rotatable bonds is 4. The average molecular weight is 280 g/mol. The van der Waals surface area contributed by atoms with Crippen molar-refractivity contribution < 1.29 is 13.9 Å². The van der Waals surface area contributed by atoms with Crippen molar-refractivity contribution in [3.63, 3.8) is 0 Å². The number of halogens is 1. The van der Waals surface area contributed by atoms with Gasteiger partial charge in [0.2, 0.25) is 11.9 Å². The Hall–Kier alpha value is -2.31. The normalized spacial score (nSPS) is 11.8. The van der Waals surface area contributed by atoms with Crippen LogP contribution in [0.2, 0.25) is 0 Å². The minimum Gasteiger partial charge on any atom is -0.494 e. The van der Waals surface area contributed by atoms with Gasteiger partial charge in [0.1, 0.15) is 0 Å². The van der Waals surface area contributed by atoms with Crippen LogP contribution in [-0.4, -0.2) is 22.6 Å². The SMILES string of the molecule is COc1cc2c(cc1F)nc(N)n2C(C)(C)CC(N)=O. The molecule has 6 nitrogen and oxygen atoms in total. The Kier molecular flexibility index (Phi) is 3.29. The third kappa shape index (κ3) is 2.26. The van der Waals surface area contributed by atoms with Crippen LogP contribution in [0.5, 0.6) is 5.75 Å². The van der Waals surface area contributed by atoms with Crippen molar-refractivity contribution in [3.05, 3.63) is 17.9 Å². The zero-order valence-electron chi connectivity index (χ0n) is 11.6. The maximum absolute atomic E-state index is 13.7. The monoisotopic (exact) mass is 280 g/mol. The first-order chi connectivity index (χ1) is 9.26.